The van der Waals surface area contributed by atoms with Gasteiger partial charge in [-0.2, -0.15) is 0 Å². The lowest BCUT2D eigenvalue weighted by molar-refractivity contribution is 0.622. The van der Waals surface area contributed by atoms with Crippen LogP contribution in [0.3, 0.4) is 0 Å². The van der Waals surface area contributed by atoms with E-state index in [0.717, 1.165) is 21.0 Å². The standard InChI is InChI=1S/C12H12BrClN2S/c1-2-15-12(9-5-6-10(14)17-9)11-8(13)4-3-7-16-11/h3-7,12,15H,2H2,1H3. The van der Waals surface area contributed by atoms with Gasteiger partial charge in [-0.3, -0.25) is 4.98 Å². The molecule has 0 radical (unpaired) electrons. The van der Waals surface area contributed by atoms with Gasteiger partial charge in [0.1, 0.15) is 0 Å². The summed E-state index contributed by atoms with van der Waals surface area (Å²) in [4.78, 5) is 5.61. The molecular weight excluding hydrogens is 320 g/mol. The highest BCUT2D eigenvalue weighted by Gasteiger charge is 2.18. The van der Waals surface area contributed by atoms with E-state index in [-0.39, 0.29) is 6.04 Å². The monoisotopic (exact) mass is 330 g/mol. The fourth-order valence-electron chi connectivity index (χ4n) is 1.63. The lowest BCUT2D eigenvalue weighted by atomic mass is 10.1. The number of aromatic nitrogens is 1. The average molecular weight is 332 g/mol. The molecule has 2 aromatic rings. The fourth-order valence-corrected chi connectivity index (χ4v) is 3.25. The van der Waals surface area contributed by atoms with E-state index >= 15 is 0 Å². The van der Waals surface area contributed by atoms with Crippen LogP contribution < -0.4 is 5.32 Å². The van der Waals surface area contributed by atoms with E-state index in [4.69, 9.17) is 11.6 Å². The number of nitrogens with one attached hydrogen (secondary N) is 1. The highest BCUT2D eigenvalue weighted by Crippen LogP contribution is 2.32. The molecule has 2 heterocycles. The van der Waals surface area contributed by atoms with Crippen molar-refractivity contribution in [3.63, 3.8) is 0 Å². The molecule has 0 aliphatic heterocycles. The number of pyridine rings is 1. The molecule has 0 amide bonds. The van der Waals surface area contributed by atoms with Crippen molar-refractivity contribution in [3.8, 4) is 0 Å². The molecular formula is C12H12BrClN2S. The molecule has 1 atom stereocenters. The molecule has 0 saturated carbocycles. The van der Waals surface area contributed by atoms with Gasteiger partial charge in [0.25, 0.3) is 0 Å². The van der Waals surface area contributed by atoms with Crippen molar-refractivity contribution in [1.29, 1.82) is 0 Å². The summed E-state index contributed by atoms with van der Waals surface area (Å²) in [5, 5.41) is 3.43. The molecule has 0 bridgehead atoms. The molecule has 17 heavy (non-hydrogen) atoms. The van der Waals surface area contributed by atoms with Crippen molar-refractivity contribution >= 4 is 38.9 Å². The molecule has 0 aromatic carbocycles. The van der Waals surface area contributed by atoms with Crippen LogP contribution in [0, 0.1) is 0 Å². The minimum atomic E-state index is 0.0908. The van der Waals surface area contributed by atoms with Gasteiger partial charge in [-0.15, -0.1) is 11.3 Å². The Morgan fingerprint density at radius 2 is 2.29 bits per heavy atom. The normalized spacial score (nSPS) is 12.6. The molecule has 0 fully saturated rings. The molecule has 90 valence electrons. The zero-order valence-electron chi connectivity index (χ0n) is 9.28. The molecule has 1 unspecified atom stereocenters. The Kier molecular flexibility index (Phi) is 4.56. The Balaban J connectivity index is 2.39. The average Bonchev–Trinajstić information content (AvgIpc) is 2.74. The first-order valence-corrected chi connectivity index (χ1v) is 7.30. The van der Waals surface area contributed by atoms with Crippen LogP contribution in [0.5, 0.6) is 0 Å². The quantitative estimate of drug-likeness (QED) is 0.905. The number of nitrogens with zero attached hydrogens (tertiary/aromatic N) is 1. The molecule has 2 aromatic heterocycles. The van der Waals surface area contributed by atoms with Crippen LogP contribution in [0.4, 0.5) is 0 Å². The first kappa shape index (κ1) is 13.0. The Bertz CT molecular complexity index is 501. The van der Waals surface area contributed by atoms with Gasteiger partial charge in [-0.25, -0.2) is 0 Å². The van der Waals surface area contributed by atoms with E-state index < -0.39 is 0 Å². The van der Waals surface area contributed by atoms with Crippen LogP contribution >= 0.6 is 38.9 Å². The van der Waals surface area contributed by atoms with Crippen LogP contribution in [0.1, 0.15) is 23.5 Å². The van der Waals surface area contributed by atoms with E-state index in [2.05, 4.69) is 33.2 Å². The first-order chi connectivity index (χ1) is 8.22. The molecule has 1 N–H and O–H groups in total. The minimum Gasteiger partial charge on any atom is -0.305 e. The van der Waals surface area contributed by atoms with Crippen LogP contribution in [0.2, 0.25) is 4.34 Å². The van der Waals surface area contributed by atoms with Crippen molar-refractivity contribution < 1.29 is 0 Å². The second kappa shape index (κ2) is 5.96. The highest BCUT2D eigenvalue weighted by molar-refractivity contribution is 9.10. The minimum absolute atomic E-state index is 0.0908. The Morgan fingerprint density at radius 3 is 2.88 bits per heavy atom. The summed E-state index contributed by atoms with van der Waals surface area (Å²) in [5.74, 6) is 0. The maximum absolute atomic E-state index is 5.99. The third-order valence-electron chi connectivity index (χ3n) is 2.35. The number of thiophene rings is 1. The second-order valence-corrected chi connectivity index (χ2v) is 6.10. The summed E-state index contributed by atoms with van der Waals surface area (Å²) in [7, 11) is 0. The number of rotatable bonds is 4. The molecule has 2 rings (SSSR count). The van der Waals surface area contributed by atoms with E-state index in [0.29, 0.717) is 0 Å². The van der Waals surface area contributed by atoms with Crippen molar-refractivity contribution in [2.45, 2.75) is 13.0 Å². The Labute approximate surface area is 118 Å². The maximum Gasteiger partial charge on any atom is 0.0931 e. The largest absolute Gasteiger partial charge is 0.305 e. The number of hydrogen-bond acceptors (Lipinski definition) is 3. The lowest BCUT2D eigenvalue weighted by Gasteiger charge is -2.17. The summed E-state index contributed by atoms with van der Waals surface area (Å²) in [6, 6.07) is 7.97. The molecule has 0 aliphatic carbocycles. The maximum atomic E-state index is 5.99. The van der Waals surface area contributed by atoms with Gasteiger partial charge in [-0.05, 0) is 46.7 Å². The molecule has 0 spiro atoms. The second-order valence-electron chi connectivity index (χ2n) is 3.50. The van der Waals surface area contributed by atoms with E-state index in [9.17, 15) is 0 Å². The fraction of sp³-hybridized carbons (Fsp3) is 0.250. The van der Waals surface area contributed by atoms with Gasteiger partial charge in [0.05, 0.1) is 16.1 Å². The third kappa shape index (κ3) is 3.07. The topological polar surface area (TPSA) is 24.9 Å². The van der Waals surface area contributed by atoms with E-state index in [1.807, 2.05) is 24.3 Å². The zero-order valence-corrected chi connectivity index (χ0v) is 12.4. The smallest absolute Gasteiger partial charge is 0.0931 e. The SMILES string of the molecule is CCNC(c1ccc(Cl)s1)c1ncccc1Br. The third-order valence-corrected chi connectivity index (χ3v) is 4.31. The summed E-state index contributed by atoms with van der Waals surface area (Å²) in [6.07, 6.45) is 1.81. The molecule has 5 heteroatoms. The molecule has 0 aliphatic rings. The van der Waals surface area contributed by atoms with Gasteiger partial charge in [0, 0.05) is 15.5 Å². The predicted molar refractivity (Wildman–Crippen MR) is 76.8 cm³/mol. The van der Waals surface area contributed by atoms with E-state index in [1.165, 1.54) is 4.88 Å². The summed E-state index contributed by atoms with van der Waals surface area (Å²) < 4.78 is 1.81. The van der Waals surface area contributed by atoms with Crippen molar-refractivity contribution in [1.82, 2.24) is 10.3 Å². The number of hydrogen-bond donors (Lipinski definition) is 1. The Hall–Kier alpha value is -0.420. The van der Waals surface area contributed by atoms with Crippen LogP contribution in [0.15, 0.2) is 34.9 Å². The van der Waals surface area contributed by atoms with Gasteiger partial charge in [0.15, 0.2) is 0 Å². The van der Waals surface area contributed by atoms with Crippen LogP contribution in [-0.4, -0.2) is 11.5 Å². The van der Waals surface area contributed by atoms with Crippen molar-refractivity contribution in [2.24, 2.45) is 0 Å². The van der Waals surface area contributed by atoms with Gasteiger partial charge in [-0.1, -0.05) is 18.5 Å². The van der Waals surface area contributed by atoms with Gasteiger partial charge in [0.2, 0.25) is 0 Å². The lowest BCUT2D eigenvalue weighted by Crippen LogP contribution is -2.22. The van der Waals surface area contributed by atoms with Crippen LogP contribution in [-0.2, 0) is 0 Å². The summed E-state index contributed by atoms with van der Waals surface area (Å²) in [5.41, 5.74) is 0.993. The van der Waals surface area contributed by atoms with E-state index in [1.54, 1.807) is 17.5 Å². The molecule has 2 nitrogen and oxygen atoms in total. The van der Waals surface area contributed by atoms with Gasteiger partial charge >= 0.3 is 0 Å². The molecule has 0 saturated heterocycles. The Morgan fingerprint density at radius 1 is 1.47 bits per heavy atom. The van der Waals surface area contributed by atoms with Crippen molar-refractivity contribution in [3.05, 3.63) is 49.8 Å². The van der Waals surface area contributed by atoms with Gasteiger partial charge < -0.3 is 5.32 Å². The predicted octanol–water partition coefficient (Wildman–Crippen LogP) is 4.26. The zero-order chi connectivity index (χ0) is 12.3. The van der Waals surface area contributed by atoms with Crippen LogP contribution in [0.25, 0.3) is 0 Å². The number of halogens is 2. The summed E-state index contributed by atoms with van der Waals surface area (Å²) in [6.45, 7) is 2.96. The highest BCUT2D eigenvalue weighted by atomic mass is 79.9. The van der Waals surface area contributed by atoms with Crippen molar-refractivity contribution in [2.75, 3.05) is 6.54 Å². The first-order valence-electron chi connectivity index (χ1n) is 5.31. The summed E-state index contributed by atoms with van der Waals surface area (Å²) >= 11 is 11.1.